The number of nitrogens with zero attached hydrogens (tertiary/aromatic N) is 2. The zero-order valence-corrected chi connectivity index (χ0v) is 10.5. The molecule has 1 aromatic heterocycles. The quantitative estimate of drug-likeness (QED) is 0.645. The van der Waals surface area contributed by atoms with E-state index in [2.05, 4.69) is 15.3 Å². The number of benzene rings is 1. The van der Waals surface area contributed by atoms with Crippen LogP contribution in [0.2, 0.25) is 5.02 Å². The predicted octanol–water partition coefficient (Wildman–Crippen LogP) is 2.78. The number of halogens is 1. The van der Waals surface area contributed by atoms with Gasteiger partial charge in [0.1, 0.15) is 0 Å². The molecule has 5 heteroatoms. The summed E-state index contributed by atoms with van der Waals surface area (Å²) in [5, 5.41) is 4.68. The standard InChI is InChI=1S/C13H13ClN4/c14-10-5-6-11(12-9(10)2-1-7-16-12)18-13(15)17-8-3-4-8/h1-2,5-8H,3-4H2,(H3,15,17,18). The average molecular weight is 261 g/mol. The Morgan fingerprint density at radius 1 is 1.39 bits per heavy atom. The molecule has 1 aromatic carbocycles. The summed E-state index contributed by atoms with van der Waals surface area (Å²) < 4.78 is 0. The Balaban J connectivity index is 1.98. The summed E-state index contributed by atoms with van der Waals surface area (Å²) in [4.78, 5) is 8.67. The van der Waals surface area contributed by atoms with Crippen LogP contribution in [0.5, 0.6) is 0 Å². The smallest absolute Gasteiger partial charge is 0.193 e. The van der Waals surface area contributed by atoms with Crippen LogP contribution in [0.4, 0.5) is 5.69 Å². The fraction of sp³-hybridized carbons (Fsp3) is 0.231. The third-order valence-electron chi connectivity index (χ3n) is 2.85. The Hall–Kier alpha value is -1.81. The first kappa shape index (κ1) is 11.3. The van der Waals surface area contributed by atoms with Crippen LogP contribution >= 0.6 is 11.6 Å². The number of aromatic nitrogens is 1. The molecule has 1 aliphatic rings. The highest BCUT2D eigenvalue weighted by Gasteiger charge is 2.20. The van der Waals surface area contributed by atoms with Crippen molar-refractivity contribution in [3.05, 3.63) is 35.5 Å². The van der Waals surface area contributed by atoms with Crippen LogP contribution in [0.25, 0.3) is 10.9 Å². The Morgan fingerprint density at radius 3 is 3.00 bits per heavy atom. The van der Waals surface area contributed by atoms with Gasteiger partial charge in [0, 0.05) is 11.6 Å². The van der Waals surface area contributed by atoms with Gasteiger partial charge in [-0.25, -0.2) is 4.99 Å². The molecule has 0 radical (unpaired) electrons. The van der Waals surface area contributed by atoms with Crippen LogP contribution in [0.15, 0.2) is 35.5 Å². The summed E-state index contributed by atoms with van der Waals surface area (Å²) >= 11 is 6.13. The normalized spacial score (nSPS) is 15.9. The summed E-state index contributed by atoms with van der Waals surface area (Å²) in [5.41, 5.74) is 7.49. The maximum absolute atomic E-state index is 6.13. The summed E-state index contributed by atoms with van der Waals surface area (Å²) in [5.74, 6) is 0.437. The molecule has 1 saturated carbocycles. The molecule has 3 rings (SSSR count). The highest BCUT2D eigenvalue weighted by molar-refractivity contribution is 6.35. The maximum atomic E-state index is 6.13. The molecule has 1 aliphatic carbocycles. The zero-order valence-electron chi connectivity index (χ0n) is 9.73. The minimum absolute atomic E-state index is 0.393. The SMILES string of the molecule is NC(=NC1CC1)Nc1ccc(Cl)c2cccnc12. The van der Waals surface area contributed by atoms with E-state index < -0.39 is 0 Å². The topological polar surface area (TPSA) is 63.3 Å². The minimum atomic E-state index is 0.393. The fourth-order valence-corrected chi connectivity index (χ4v) is 2.02. The van der Waals surface area contributed by atoms with Gasteiger partial charge in [0.15, 0.2) is 5.96 Å². The highest BCUT2D eigenvalue weighted by Crippen LogP contribution is 2.28. The lowest BCUT2D eigenvalue weighted by atomic mass is 10.2. The molecule has 0 unspecified atom stereocenters. The van der Waals surface area contributed by atoms with Crippen molar-refractivity contribution in [3.63, 3.8) is 0 Å². The van der Waals surface area contributed by atoms with Crippen LogP contribution in [0.1, 0.15) is 12.8 Å². The van der Waals surface area contributed by atoms with Crippen molar-refractivity contribution >= 4 is 34.2 Å². The van der Waals surface area contributed by atoms with Gasteiger partial charge in [0.05, 0.1) is 22.3 Å². The van der Waals surface area contributed by atoms with Crippen molar-refractivity contribution in [2.75, 3.05) is 5.32 Å². The Morgan fingerprint density at radius 2 is 2.22 bits per heavy atom. The van der Waals surface area contributed by atoms with Gasteiger partial charge in [0.25, 0.3) is 0 Å². The van der Waals surface area contributed by atoms with Gasteiger partial charge in [-0.1, -0.05) is 11.6 Å². The molecule has 0 spiro atoms. The molecule has 2 aromatic rings. The molecule has 3 N–H and O–H groups in total. The second-order valence-corrected chi connectivity index (χ2v) is 4.77. The Labute approximate surface area is 110 Å². The van der Waals surface area contributed by atoms with Gasteiger partial charge in [-0.2, -0.15) is 0 Å². The number of hydrogen-bond donors (Lipinski definition) is 2. The van der Waals surface area contributed by atoms with Crippen molar-refractivity contribution in [3.8, 4) is 0 Å². The Bertz CT molecular complexity index is 619. The molecule has 4 nitrogen and oxygen atoms in total. The lowest BCUT2D eigenvalue weighted by Crippen LogP contribution is -2.23. The highest BCUT2D eigenvalue weighted by atomic mass is 35.5. The average Bonchev–Trinajstić information content (AvgIpc) is 3.17. The second-order valence-electron chi connectivity index (χ2n) is 4.37. The number of hydrogen-bond acceptors (Lipinski definition) is 2. The van der Waals surface area contributed by atoms with Gasteiger partial charge in [-0.3, -0.25) is 4.98 Å². The molecule has 92 valence electrons. The molecule has 0 bridgehead atoms. The van der Waals surface area contributed by atoms with Crippen molar-refractivity contribution < 1.29 is 0 Å². The monoisotopic (exact) mass is 260 g/mol. The van der Waals surface area contributed by atoms with E-state index in [0.29, 0.717) is 17.0 Å². The number of nitrogens with one attached hydrogen (secondary N) is 1. The molecule has 1 heterocycles. The van der Waals surface area contributed by atoms with E-state index in [1.165, 1.54) is 0 Å². The first-order chi connectivity index (χ1) is 8.74. The van der Waals surface area contributed by atoms with E-state index in [-0.39, 0.29) is 0 Å². The molecule has 1 fully saturated rings. The van der Waals surface area contributed by atoms with E-state index >= 15 is 0 Å². The predicted molar refractivity (Wildman–Crippen MR) is 75.0 cm³/mol. The first-order valence-corrected chi connectivity index (χ1v) is 6.25. The summed E-state index contributed by atoms with van der Waals surface area (Å²) in [7, 11) is 0. The van der Waals surface area contributed by atoms with Gasteiger partial charge in [-0.15, -0.1) is 0 Å². The first-order valence-electron chi connectivity index (χ1n) is 5.87. The number of rotatable bonds is 2. The number of nitrogens with two attached hydrogens (primary N) is 1. The van der Waals surface area contributed by atoms with E-state index in [0.717, 1.165) is 29.4 Å². The van der Waals surface area contributed by atoms with Crippen LogP contribution in [-0.4, -0.2) is 17.0 Å². The van der Waals surface area contributed by atoms with Crippen LogP contribution in [0, 0.1) is 0 Å². The summed E-state index contributed by atoms with van der Waals surface area (Å²) in [6.07, 6.45) is 3.99. The van der Waals surface area contributed by atoms with Crippen LogP contribution in [-0.2, 0) is 0 Å². The van der Waals surface area contributed by atoms with Gasteiger partial charge < -0.3 is 11.1 Å². The zero-order chi connectivity index (χ0) is 12.5. The van der Waals surface area contributed by atoms with Crippen LogP contribution < -0.4 is 11.1 Å². The van der Waals surface area contributed by atoms with Gasteiger partial charge in [-0.05, 0) is 37.1 Å². The van der Waals surface area contributed by atoms with E-state index in [4.69, 9.17) is 17.3 Å². The molecule has 18 heavy (non-hydrogen) atoms. The van der Waals surface area contributed by atoms with E-state index in [1.54, 1.807) is 6.20 Å². The second kappa shape index (κ2) is 4.46. The van der Waals surface area contributed by atoms with Crippen LogP contribution in [0.3, 0.4) is 0 Å². The number of aliphatic imine (C=N–C) groups is 1. The van der Waals surface area contributed by atoms with E-state index in [9.17, 15) is 0 Å². The van der Waals surface area contributed by atoms with E-state index in [1.807, 2.05) is 24.3 Å². The summed E-state index contributed by atoms with van der Waals surface area (Å²) in [6, 6.07) is 7.89. The van der Waals surface area contributed by atoms with Crippen molar-refractivity contribution in [1.29, 1.82) is 0 Å². The maximum Gasteiger partial charge on any atom is 0.193 e. The molecule has 0 saturated heterocycles. The number of anilines is 1. The van der Waals surface area contributed by atoms with Gasteiger partial charge >= 0.3 is 0 Å². The largest absolute Gasteiger partial charge is 0.370 e. The number of pyridine rings is 1. The fourth-order valence-electron chi connectivity index (χ4n) is 1.81. The third-order valence-corrected chi connectivity index (χ3v) is 3.18. The molecule has 0 aliphatic heterocycles. The third kappa shape index (κ3) is 2.24. The Kier molecular flexibility index (Phi) is 2.80. The van der Waals surface area contributed by atoms with Crippen molar-refractivity contribution in [2.45, 2.75) is 18.9 Å². The van der Waals surface area contributed by atoms with Crippen molar-refractivity contribution in [1.82, 2.24) is 4.98 Å². The molecular formula is C13H13ClN4. The van der Waals surface area contributed by atoms with Gasteiger partial charge in [0.2, 0.25) is 0 Å². The molecular weight excluding hydrogens is 248 g/mol. The molecule has 0 amide bonds. The minimum Gasteiger partial charge on any atom is -0.370 e. The van der Waals surface area contributed by atoms with Crippen molar-refractivity contribution in [2.24, 2.45) is 10.7 Å². The lowest BCUT2D eigenvalue weighted by Gasteiger charge is -2.09. The lowest BCUT2D eigenvalue weighted by molar-refractivity contribution is 1.06. The number of fused-ring (bicyclic) bond motifs is 1. The number of guanidine groups is 1. The molecule has 0 atom stereocenters. The summed E-state index contributed by atoms with van der Waals surface area (Å²) in [6.45, 7) is 0.